The Hall–Kier alpha value is -1.75. The molecule has 0 unspecified atom stereocenters. The van der Waals surface area contributed by atoms with Gasteiger partial charge in [-0.05, 0) is 19.8 Å². The number of imidazole rings is 1. The van der Waals surface area contributed by atoms with Gasteiger partial charge in [-0.3, -0.25) is 14.9 Å². The van der Waals surface area contributed by atoms with Gasteiger partial charge in [0.2, 0.25) is 0 Å². The van der Waals surface area contributed by atoms with Gasteiger partial charge in [-0.15, -0.1) is 0 Å². The van der Waals surface area contributed by atoms with Crippen molar-refractivity contribution in [1.29, 1.82) is 0 Å². The fourth-order valence-corrected chi connectivity index (χ4v) is 3.17. The lowest BCUT2D eigenvalue weighted by Gasteiger charge is -2.26. The lowest BCUT2D eigenvalue weighted by atomic mass is 10.1. The molecule has 1 aliphatic carbocycles. The third-order valence-corrected chi connectivity index (χ3v) is 4.53. The quantitative estimate of drug-likeness (QED) is 0.864. The van der Waals surface area contributed by atoms with Gasteiger partial charge in [0.25, 0.3) is 0 Å². The Morgan fingerprint density at radius 2 is 2.10 bits per heavy atom. The zero-order chi connectivity index (χ0) is 14.4. The van der Waals surface area contributed by atoms with E-state index in [1.54, 1.807) is 0 Å². The van der Waals surface area contributed by atoms with Gasteiger partial charge < -0.3 is 4.57 Å². The van der Waals surface area contributed by atoms with Gasteiger partial charge in [0.1, 0.15) is 5.82 Å². The van der Waals surface area contributed by atoms with E-state index in [-0.39, 0.29) is 0 Å². The molecule has 0 bridgehead atoms. The Kier molecular flexibility index (Phi) is 3.03. The summed E-state index contributed by atoms with van der Waals surface area (Å²) in [7, 11) is 2.18. The summed E-state index contributed by atoms with van der Waals surface area (Å²) in [6.45, 7) is 4.84. The van der Waals surface area contributed by atoms with Crippen molar-refractivity contribution < 1.29 is 0 Å². The van der Waals surface area contributed by atoms with Crippen LogP contribution in [0.25, 0.3) is 0 Å². The second-order valence-electron chi connectivity index (χ2n) is 6.31. The Balaban J connectivity index is 1.51. The molecule has 5 nitrogen and oxygen atoms in total. The van der Waals surface area contributed by atoms with Crippen molar-refractivity contribution >= 4 is 0 Å². The molecule has 21 heavy (non-hydrogen) atoms. The lowest BCUT2D eigenvalue weighted by Crippen LogP contribution is -2.31. The molecule has 0 amide bonds. The number of nitrogens with zero attached hydrogens (tertiary/aromatic N) is 5. The summed E-state index contributed by atoms with van der Waals surface area (Å²) in [5, 5.41) is 0. The van der Waals surface area contributed by atoms with Crippen molar-refractivity contribution in [3.8, 4) is 0 Å². The molecule has 0 spiro atoms. The van der Waals surface area contributed by atoms with Crippen LogP contribution in [0.3, 0.4) is 0 Å². The minimum atomic E-state index is 0.719. The fraction of sp³-hybridized carbons (Fsp3) is 0.562. The molecule has 0 radical (unpaired) electrons. The van der Waals surface area contributed by atoms with E-state index in [0.717, 1.165) is 43.4 Å². The molecule has 1 fully saturated rings. The van der Waals surface area contributed by atoms with E-state index in [0.29, 0.717) is 0 Å². The molecule has 1 aliphatic heterocycles. The van der Waals surface area contributed by atoms with Crippen LogP contribution < -0.4 is 0 Å². The first-order valence-corrected chi connectivity index (χ1v) is 7.75. The van der Waals surface area contributed by atoms with Crippen LogP contribution in [-0.2, 0) is 26.6 Å². The van der Waals surface area contributed by atoms with Gasteiger partial charge in [-0.25, -0.2) is 4.98 Å². The van der Waals surface area contributed by atoms with Gasteiger partial charge in [0, 0.05) is 57.1 Å². The number of fused-ring (bicyclic) bond motifs is 1. The predicted octanol–water partition coefficient (Wildman–Crippen LogP) is 1.95. The summed E-state index contributed by atoms with van der Waals surface area (Å²) < 4.78 is 2.34. The van der Waals surface area contributed by atoms with E-state index >= 15 is 0 Å². The Morgan fingerprint density at radius 1 is 1.24 bits per heavy atom. The lowest BCUT2D eigenvalue weighted by molar-refractivity contribution is 0.237. The van der Waals surface area contributed by atoms with E-state index in [4.69, 9.17) is 4.98 Å². The zero-order valence-electron chi connectivity index (χ0n) is 12.7. The molecule has 0 aromatic carbocycles. The van der Waals surface area contributed by atoms with Crippen molar-refractivity contribution in [2.24, 2.45) is 7.05 Å². The molecule has 1 saturated carbocycles. The van der Waals surface area contributed by atoms with Crippen molar-refractivity contribution in [2.45, 2.75) is 45.2 Å². The highest BCUT2D eigenvalue weighted by atomic mass is 15.2. The largest absolute Gasteiger partial charge is 0.335 e. The van der Waals surface area contributed by atoms with E-state index in [2.05, 4.69) is 26.5 Å². The third kappa shape index (κ3) is 2.46. The monoisotopic (exact) mass is 283 g/mol. The van der Waals surface area contributed by atoms with E-state index in [9.17, 15) is 0 Å². The molecule has 0 atom stereocenters. The molecule has 110 valence electrons. The summed E-state index contributed by atoms with van der Waals surface area (Å²) in [4.78, 5) is 16.1. The molecule has 3 heterocycles. The van der Waals surface area contributed by atoms with E-state index in [1.807, 2.05) is 19.3 Å². The van der Waals surface area contributed by atoms with Crippen LogP contribution in [0.2, 0.25) is 0 Å². The van der Waals surface area contributed by atoms with Crippen LogP contribution >= 0.6 is 0 Å². The maximum absolute atomic E-state index is 4.90. The van der Waals surface area contributed by atoms with Crippen molar-refractivity contribution in [3.05, 3.63) is 41.0 Å². The highest BCUT2D eigenvalue weighted by Gasteiger charge is 2.31. The number of hydrogen-bond donors (Lipinski definition) is 0. The van der Waals surface area contributed by atoms with E-state index in [1.165, 1.54) is 30.1 Å². The Bertz CT molecular complexity index is 654. The molecule has 2 aliphatic rings. The first-order valence-electron chi connectivity index (χ1n) is 7.75. The summed E-state index contributed by atoms with van der Waals surface area (Å²) in [6.07, 6.45) is 7.44. The highest BCUT2D eigenvalue weighted by Crippen LogP contribution is 2.40. The van der Waals surface area contributed by atoms with Crippen LogP contribution in [0.1, 0.15) is 47.4 Å². The number of aromatic nitrogens is 4. The molecule has 2 aromatic rings. The van der Waals surface area contributed by atoms with Gasteiger partial charge in [0.15, 0.2) is 0 Å². The number of aryl methyl sites for hydroxylation is 1. The molecule has 4 rings (SSSR count). The second kappa shape index (κ2) is 4.91. The van der Waals surface area contributed by atoms with Crippen molar-refractivity contribution in [1.82, 2.24) is 24.4 Å². The summed E-state index contributed by atoms with van der Waals surface area (Å²) >= 11 is 0. The first kappa shape index (κ1) is 13.0. The molecule has 5 heteroatoms. The van der Waals surface area contributed by atoms with Gasteiger partial charge in [-0.1, -0.05) is 0 Å². The maximum atomic E-state index is 4.90. The number of rotatable bonds is 3. The number of hydrogen-bond acceptors (Lipinski definition) is 4. The second-order valence-corrected chi connectivity index (χ2v) is 6.31. The maximum Gasteiger partial charge on any atom is 0.112 e. The van der Waals surface area contributed by atoms with Gasteiger partial charge >= 0.3 is 0 Å². The molecular weight excluding hydrogens is 262 g/mol. The highest BCUT2D eigenvalue weighted by molar-refractivity contribution is 5.23. The molecule has 2 aromatic heterocycles. The summed E-state index contributed by atoms with van der Waals surface area (Å²) in [5.74, 6) is 2.02. The normalized spacial score (nSPS) is 18.8. The van der Waals surface area contributed by atoms with Crippen LogP contribution in [0.5, 0.6) is 0 Å². The van der Waals surface area contributed by atoms with Crippen LogP contribution in [0.15, 0.2) is 12.4 Å². The van der Waals surface area contributed by atoms with Gasteiger partial charge in [0.05, 0.1) is 17.1 Å². The smallest absolute Gasteiger partial charge is 0.112 e. The molecular formula is C16H21N5. The van der Waals surface area contributed by atoms with E-state index < -0.39 is 0 Å². The molecule has 0 N–H and O–H groups in total. The SMILES string of the molecule is Cc1cnc(CN2CCc3c(nc(C4CC4)n3C)C2)cn1. The fourth-order valence-electron chi connectivity index (χ4n) is 3.17. The third-order valence-electron chi connectivity index (χ3n) is 4.53. The minimum absolute atomic E-state index is 0.719. The molecule has 0 saturated heterocycles. The average molecular weight is 283 g/mol. The summed E-state index contributed by atoms with van der Waals surface area (Å²) in [6, 6.07) is 0. The standard InChI is InChI=1S/C16H21N5/c1-11-7-18-13(8-17-11)9-21-6-5-15-14(10-21)19-16(20(15)2)12-3-4-12/h7-8,12H,3-6,9-10H2,1-2H3. The van der Waals surface area contributed by atoms with Crippen molar-refractivity contribution in [3.63, 3.8) is 0 Å². The van der Waals surface area contributed by atoms with Crippen LogP contribution in [0.4, 0.5) is 0 Å². The average Bonchev–Trinajstić information content (AvgIpc) is 3.27. The topological polar surface area (TPSA) is 46.8 Å². The zero-order valence-corrected chi connectivity index (χ0v) is 12.7. The predicted molar refractivity (Wildman–Crippen MR) is 79.8 cm³/mol. The first-order chi connectivity index (χ1) is 10.2. The van der Waals surface area contributed by atoms with Crippen LogP contribution in [-0.4, -0.2) is 31.0 Å². The Morgan fingerprint density at radius 3 is 2.81 bits per heavy atom. The van der Waals surface area contributed by atoms with Gasteiger partial charge in [-0.2, -0.15) is 0 Å². The van der Waals surface area contributed by atoms with Crippen LogP contribution in [0, 0.1) is 6.92 Å². The summed E-state index contributed by atoms with van der Waals surface area (Å²) in [5.41, 5.74) is 4.72. The Labute approximate surface area is 125 Å². The van der Waals surface area contributed by atoms with Crippen molar-refractivity contribution in [2.75, 3.05) is 6.54 Å². The minimum Gasteiger partial charge on any atom is -0.335 e.